The maximum absolute atomic E-state index is 13.9. The van der Waals surface area contributed by atoms with Gasteiger partial charge in [0.05, 0.1) is 13.2 Å². The molecule has 1 aromatic carbocycles. The van der Waals surface area contributed by atoms with E-state index in [1.54, 1.807) is 11.3 Å². The second-order valence-electron chi connectivity index (χ2n) is 11.1. The standard InChI is InChI=1S/C30H41N3O3S/c1-2-18-36-25-12-10-24(11-13-25)21-32-16-14-30(15-17-32)29(35)31-27(20-23-7-4-3-5-8-23)28(34)33(30)22-26-9-6-19-37-26/h6,9-13,19,23,27H,2-5,7-8,14-18,20-22H2,1H3,(H,31,35). The molecule has 5 rings (SSSR count). The van der Waals surface area contributed by atoms with Crippen LogP contribution in [0.15, 0.2) is 41.8 Å². The number of thiophene rings is 1. The summed E-state index contributed by atoms with van der Waals surface area (Å²) in [6, 6.07) is 12.1. The van der Waals surface area contributed by atoms with E-state index < -0.39 is 5.54 Å². The average Bonchev–Trinajstić information content (AvgIpc) is 3.44. The van der Waals surface area contributed by atoms with Crippen LogP contribution in [0, 0.1) is 5.92 Å². The van der Waals surface area contributed by atoms with Gasteiger partial charge in [-0.1, -0.05) is 57.2 Å². The van der Waals surface area contributed by atoms with Gasteiger partial charge in [-0.15, -0.1) is 11.3 Å². The van der Waals surface area contributed by atoms with Crippen LogP contribution in [0.25, 0.3) is 0 Å². The lowest BCUT2D eigenvalue weighted by Gasteiger charge is -2.52. The van der Waals surface area contributed by atoms with Gasteiger partial charge in [-0.05, 0) is 60.7 Å². The third-order valence-electron chi connectivity index (χ3n) is 8.48. The Labute approximate surface area is 225 Å². The van der Waals surface area contributed by atoms with Crippen LogP contribution >= 0.6 is 11.3 Å². The highest BCUT2D eigenvalue weighted by Gasteiger charge is 2.53. The van der Waals surface area contributed by atoms with Crippen molar-refractivity contribution in [2.75, 3.05) is 19.7 Å². The smallest absolute Gasteiger partial charge is 0.246 e. The molecule has 1 atom stereocenters. The van der Waals surface area contributed by atoms with Gasteiger partial charge >= 0.3 is 0 Å². The fraction of sp³-hybridized carbons (Fsp3) is 0.600. The molecule has 1 unspecified atom stereocenters. The molecule has 1 saturated carbocycles. The predicted octanol–water partition coefficient (Wildman–Crippen LogP) is 5.37. The van der Waals surface area contributed by atoms with Crippen LogP contribution in [0.4, 0.5) is 0 Å². The Balaban J connectivity index is 1.26. The van der Waals surface area contributed by atoms with Gasteiger partial charge in [0.15, 0.2) is 0 Å². The van der Waals surface area contributed by atoms with E-state index in [1.165, 1.54) is 37.7 Å². The van der Waals surface area contributed by atoms with Gasteiger partial charge in [-0.25, -0.2) is 0 Å². The average molecular weight is 524 g/mol. The van der Waals surface area contributed by atoms with Gasteiger partial charge in [-0.3, -0.25) is 14.5 Å². The number of nitrogens with zero attached hydrogens (tertiary/aromatic N) is 2. The van der Waals surface area contributed by atoms with E-state index in [0.29, 0.717) is 25.3 Å². The summed E-state index contributed by atoms with van der Waals surface area (Å²) in [6.07, 6.45) is 9.26. The van der Waals surface area contributed by atoms with E-state index in [4.69, 9.17) is 4.74 Å². The summed E-state index contributed by atoms with van der Waals surface area (Å²) in [5.74, 6) is 1.63. The number of piperazine rings is 1. The van der Waals surface area contributed by atoms with Crippen molar-refractivity contribution in [3.8, 4) is 5.75 Å². The molecule has 2 saturated heterocycles. The molecule has 200 valence electrons. The Bertz CT molecular complexity index is 1020. The highest BCUT2D eigenvalue weighted by atomic mass is 32.1. The topological polar surface area (TPSA) is 61.9 Å². The molecular formula is C30H41N3O3S. The lowest BCUT2D eigenvalue weighted by atomic mass is 9.79. The minimum atomic E-state index is -0.751. The number of likely N-dealkylation sites (tertiary alicyclic amines) is 1. The fourth-order valence-corrected chi connectivity index (χ4v) is 7.02. The minimum absolute atomic E-state index is 0.0570. The lowest BCUT2D eigenvalue weighted by molar-refractivity contribution is -0.162. The van der Waals surface area contributed by atoms with Gasteiger partial charge in [0.25, 0.3) is 0 Å². The third-order valence-corrected chi connectivity index (χ3v) is 9.34. The maximum Gasteiger partial charge on any atom is 0.246 e. The Morgan fingerprint density at radius 2 is 1.78 bits per heavy atom. The second-order valence-corrected chi connectivity index (χ2v) is 12.1. The monoisotopic (exact) mass is 523 g/mol. The zero-order valence-corrected chi connectivity index (χ0v) is 22.9. The van der Waals surface area contributed by atoms with Crippen molar-refractivity contribution in [2.24, 2.45) is 5.92 Å². The van der Waals surface area contributed by atoms with Crippen molar-refractivity contribution in [1.29, 1.82) is 0 Å². The number of hydrogen-bond donors (Lipinski definition) is 1. The zero-order valence-electron chi connectivity index (χ0n) is 22.1. The molecule has 3 aliphatic rings. The molecule has 7 heteroatoms. The summed E-state index contributed by atoms with van der Waals surface area (Å²) in [6.45, 7) is 5.80. The Morgan fingerprint density at radius 3 is 2.46 bits per heavy atom. The fourth-order valence-electron chi connectivity index (χ4n) is 6.33. The predicted molar refractivity (Wildman–Crippen MR) is 147 cm³/mol. The van der Waals surface area contributed by atoms with E-state index in [-0.39, 0.29) is 17.9 Å². The largest absolute Gasteiger partial charge is 0.494 e. The first-order valence-electron chi connectivity index (χ1n) is 14.2. The molecule has 3 fully saturated rings. The molecule has 6 nitrogen and oxygen atoms in total. The summed E-state index contributed by atoms with van der Waals surface area (Å²) in [5, 5.41) is 5.26. The van der Waals surface area contributed by atoms with Gasteiger partial charge in [0, 0.05) is 24.5 Å². The Kier molecular flexibility index (Phi) is 8.50. The SMILES string of the molecule is CCCOc1ccc(CN2CCC3(CC2)C(=O)NC(CC2CCCCC2)C(=O)N3Cc2cccs2)cc1. The maximum atomic E-state index is 13.9. The first-order valence-corrected chi connectivity index (χ1v) is 15.0. The van der Waals surface area contributed by atoms with Gasteiger partial charge in [0.2, 0.25) is 11.8 Å². The molecule has 1 aliphatic carbocycles. The number of ether oxygens (including phenoxy) is 1. The van der Waals surface area contributed by atoms with Crippen molar-refractivity contribution in [3.05, 3.63) is 52.2 Å². The van der Waals surface area contributed by atoms with Gasteiger partial charge in [-0.2, -0.15) is 0 Å². The van der Waals surface area contributed by atoms with Gasteiger partial charge < -0.3 is 15.0 Å². The molecule has 37 heavy (non-hydrogen) atoms. The number of piperidine rings is 1. The van der Waals surface area contributed by atoms with E-state index in [0.717, 1.165) is 49.7 Å². The van der Waals surface area contributed by atoms with Crippen LogP contribution in [0.3, 0.4) is 0 Å². The normalized spacial score (nSPS) is 22.8. The molecule has 1 aromatic heterocycles. The van der Waals surface area contributed by atoms with Crippen LogP contribution in [0.1, 0.15) is 75.2 Å². The Hall–Kier alpha value is -2.38. The summed E-state index contributed by atoms with van der Waals surface area (Å²) in [7, 11) is 0. The van der Waals surface area contributed by atoms with Crippen LogP contribution in [-0.2, 0) is 22.7 Å². The molecular weight excluding hydrogens is 482 g/mol. The highest BCUT2D eigenvalue weighted by molar-refractivity contribution is 7.09. The molecule has 1 spiro atoms. The molecule has 3 heterocycles. The van der Waals surface area contributed by atoms with Crippen molar-refractivity contribution >= 4 is 23.2 Å². The highest BCUT2D eigenvalue weighted by Crippen LogP contribution is 2.37. The number of benzene rings is 1. The Morgan fingerprint density at radius 1 is 1.03 bits per heavy atom. The minimum Gasteiger partial charge on any atom is -0.494 e. The molecule has 0 bridgehead atoms. The van der Waals surface area contributed by atoms with E-state index in [9.17, 15) is 9.59 Å². The van der Waals surface area contributed by atoms with E-state index in [1.807, 2.05) is 23.1 Å². The number of hydrogen-bond acceptors (Lipinski definition) is 5. The number of nitrogens with one attached hydrogen (secondary N) is 1. The summed E-state index contributed by atoms with van der Waals surface area (Å²) in [5.41, 5.74) is 0.491. The van der Waals surface area contributed by atoms with Crippen LogP contribution in [0.5, 0.6) is 5.75 Å². The van der Waals surface area contributed by atoms with Gasteiger partial charge in [0.1, 0.15) is 17.3 Å². The number of carbonyl (C=O) groups is 2. The molecule has 1 N–H and O–H groups in total. The summed E-state index contributed by atoms with van der Waals surface area (Å²) < 4.78 is 5.71. The van der Waals surface area contributed by atoms with Crippen molar-refractivity contribution in [3.63, 3.8) is 0 Å². The van der Waals surface area contributed by atoms with Crippen LogP contribution < -0.4 is 10.1 Å². The summed E-state index contributed by atoms with van der Waals surface area (Å²) in [4.78, 5) is 33.2. The number of amides is 2. The van der Waals surface area contributed by atoms with E-state index in [2.05, 4.69) is 40.7 Å². The molecule has 2 aliphatic heterocycles. The first-order chi connectivity index (χ1) is 18.1. The number of rotatable bonds is 9. The first kappa shape index (κ1) is 26.2. The summed E-state index contributed by atoms with van der Waals surface area (Å²) >= 11 is 1.67. The molecule has 2 aromatic rings. The number of carbonyl (C=O) groups excluding carboxylic acids is 2. The van der Waals surface area contributed by atoms with Crippen LogP contribution in [0.2, 0.25) is 0 Å². The zero-order chi connectivity index (χ0) is 25.7. The van der Waals surface area contributed by atoms with Crippen molar-refractivity contribution in [1.82, 2.24) is 15.1 Å². The van der Waals surface area contributed by atoms with E-state index >= 15 is 0 Å². The molecule has 2 amide bonds. The quantitative estimate of drug-likeness (QED) is 0.480. The molecule has 0 radical (unpaired) electrons. The van der Waals surface area contributed by atoms with Crippen LogP contribution in [-0.4, -0.2) is 52.9 Å². The van der Waals surface area contributed by atoms with Crippen molar-refractivity contribution in [2.45, 2.75) is 89.4 Å². The lowest BCUT2D eigenvalue weighted by Crippen LogP contribution is -2.72. The van der Waals surface area contributed by atoms with Crippen molar-refractivity contribution < 1.29 is 14.3 Å². The second kappa shape index (κ2) is 12.0. The third kappa shape index (κ3) is 6.04.